The molecule has 4 nitrogen and oxygen atoms in total. The number of carbonyl (C=O) groups is 1. The number of anilines is 1. The molecule has 1 heterocycles. The second-order valence-electron chi connectivity index (χ2n) is 5.99. The first-order valence-electron chi connectivity index (χ1n) is 7.69. The van der Waals surface area contributed by atoms with E-state index in [1.165, 1.54) is 0 Å². The van der Waals surface area contributed by atoms with Crippen molar-refractivity contribution in [2.24, 2.45) is 0 Å². The van der Waals surface area contributed by atoms with Crippen LogP contribution in [0.2, 0.25) is 0 Å². The third kappa shape index (κ3) is 3.37. The van der Waals surface area contributed by atoms with E-state index in [9.17, 15) is 4.79 Å². The average Bonchev–Trinajstić information content (AvgIpc) is 2.94. The fourth-order valence-corrected chi connectivity index (χ4v) is 2.62. The lowest BCUT2D eigenvalue weighted by Crippen LogP contribution is -2.18. The topological polar surface area (TPSA) is 54.1 Å². The zero-order chi connectivity index (χ0) is 16.4. The summed E-state index contributed by atoms with van der Waals surface area (Å²) in [6, 6.07) is 13.5. The van der Waals surface area contributed by atoms with Crippen molar-refractivity contribution in [3.63, 3.8) is 0 Å². The van der Waals surface area contributed by atoms with Gasteiger partial charge in [-0.15, -0.1) is 0 Å². The van der Waals surface area contributed by atoms with Crippen LogP contribution < -0.4 is 10.1 Å². The minimum absolute atomic E-state index is 0.321. The molecule has 0 aliphatic carbocycles. The van der Waals surface area contributed by atoms with Crippen molar-refractivity contribution < 1.29 is 9.53 Å². The number of aromatic nitrogens is 1. The Kier molecular flexibility index (Phi) is 4.06. The van der Waals surface area contributed by atoms with Crippen molar-refractivity contribution >= 4 is 22.7 Å². The summed E-state index contributed by atoms with van der Waals surface area (Å²) in [4.78, 5) is 15.3. The van der Waals surface area contributed by atoms with Crippen molar-refractivity contribution in [2.45, 2.75) is 26.7 Å². The monoisotopic (exact) mass is 308 g/mol. The van der Waals surface area contributed by atoms with Gasteiger partial charge in [0.1, 0.15) is 5.75 Å². The smallest absolute Gasteiger partial charge is 0.410 e. The Bertz CT molecular complexity index is 849. The molecule has 4 heteroatoms. The Morgan fingerprint density at radius 1 is 1.13 bits per heavy atom. The van der Waals surface area contributed by atoms with E-state index in [1.807, 2.05) is 49.5 Å². The van der Waals surface area contributed by atoms with Gasteiger partial charge in [0.15, 0.2) is 0 Å². The van der Waals surface area contributed by atoms with E-state index in [2.05, 4.69) is 24.1 Å². The van der Waals surface area contributed by atoms with E-state index in [1.54, 1.807) is 6.07 Å². The molecule has 0 bridgehead atoms. The molecule has 1 amide bonds. The van der Waals surface area contributed by atoms with E-state index in [4.69, 9.17) is 4.74 Å². The van der Waals surface area contributed by atoms with E-state index in [-0.39, 0.29) is 0 Å². The molecule has 0 fully saturated rings. The predicted molar refractivity (Wildman–Crippen MR) is 93.2 cm³/mol. The number of aromatic amines is 1. The Balaban J connectivity index is 1.77. The van der Waals surface area contributed by atoms with Gasteiger partial charge in [0.05, 0.1) is 0 Å². The number of hydrogen-bond donors (Lipinski definition) is 2. The summed E-state index contributed by atoms with van der Waals surface area (Å²) in [7, 11) is 0. The first-order chi connectivity index (χ1) is 11.0. The summed E-state index contributed by atoms with van der Waals surface area (Å²) >= 11 is 0. The zero-order valence-electron chi connectivity index (χ0n) is 13.5. The van der Waals surface area contributed by atoms with Gasteiger partial charge in [0, 0.05) is 22.8 Å². The lowest BCUT2D eigenvalue weighted by molar-refractivity contribution is 0.215. The molecule has 0 aliphatic heterocycles. The van der Waals surface area contributed by atoms with Crippen molar-refractivity contribution in [3.05, 3.63) is 59.8 Å². The lowest BCUT2D eigenvalue weighted by atomic mass is 9.99. The van der Waals surface area contributed by atoms with Crippen LogP contribution in [-0.2, 0) is 0 Å². The fraction of sp³-hybridized carbons (Fsp3) is 0.211. The third-order valence-electron chi connectivity index (χ3n) is 3.80. The third-order valence-corrected chi connectivity index (χ3v) is 3.80. The first kappa shape index (κ1) is 15.2. The number of benzene rings is 2. The van der Waals surface area contributed by atoms with Gasteiger partial charge in [-0.3, -0.25) is 5.32 Å². The van der Waals surface area contributed by atoms with Gasteiger partial charge in [-0.2, -0.15) is 0 Å². The van der Waals surface area contributed by atoms with Crippen LogP contribution >= 0.6 is 0 Å². The number of rotatable bonds is 3. The normalized spacial score (nSPS) is 11.0. The summed E-state index contributed by atoms with van der Waals surface area (Å²) in [5.41, 5.74) is 4.00. The lowest BCUT2D eigenvalue weighted by Gasteiger charge is -2.14. The van der Waals surface area contributed by atoms with Crippen LogP contribution in [0.25, 0.3) is 10.9 Å². The molecule has 0 saturated carbocycles. The predicted octanol–water partition coefficient (Wildman–Crippen LogP) is 5.21. The SMILES string of the molecule is Cc1ccc(C(C)C)c(NC(=O)Oc2ccc3[nH]ccc3c2)c1. The number of nitrogens with one attached hydrogen (secondary N) is 2. The van der Waals surface area contributed by atoms with Crippen LogP contribution in [-0.4, -0.2) is 11.1 Å². The molecule has 23 heavy (non-hydrogen) atoms. The molecule has 2 N–H and O–H groups in total. The van der Waals surface area contributed by atoms with E-state index in [0.717, 1.165) is 27.7 Å². The second-order valence-corrected chi connectivity index (χ2v) is 5.99. The van der Waals surface area contributed by atoms with Crippen LogP contribution in [0.15, 0.2) is 48.7 Å². The number of hydrogen-bond acceptors (Lipinski definition) is 2. The molecule has 3 aromatic rings. The highest BCUT2D eigenvalue weighted by Crippen LogP contribution is 2.26. The van der Waals surface area contributed by atoms with Crippen molar-refractivity contribution in [3.8, 4) is 5.75 Å². The Morgan fingerprint density at radius 2 is 1.96 bits per heavy atom. The maximum Gasteiger partial charge on any atom is 0.417 e. The molecule has 0 unspecified atom stereocenters. The summed E-state index contributed by atoms with van der Waals surface area (Å²) in [5, 5.41) is 3.86. The Hall–Kier alpha value is -2.75. The van der Waals surface area contributed by atoms with Gasteiger partial charge in [0.2, 0.25) is 0 Å². The second kappa shape index (κ2) is 6.16. The summed E-state index contributed by atoms with van der Waals surface area (Å²) in [5.74, 6) is 0.843. The molecule has 0 spiro atoms. The van der Waals surface area contributed by atoms with Crippen molar-refractivity contribution in [1.29, 1.82) is 0 Å². The van der Waals surface area contributed by atoms with E-state index < -0.39 is 6.09 Å². The van der Waals surface area contributed by atoms with Crippen molar-refractivity contribution in [1.82, 2.24) is 4.98 Å². The maximum absolute atomic E-state index is 12.2. The summed E-state index contributed by atoms with van der Waals surface area (Å²) < 4.78 is 5.41. The molecule has 0 aliphatic rings. The van der Waals surface area contributed by atoms with Gasteiger partial charge in [-0.1, -0.05) is 26.0 Å². The minimum atomic E-state index is -0.479. The van der Waals surface area contributed by atoms with Gasteiger partial charge in [-0.25, -0.2) is 4.79 Å². The highest BCUT2D eigenvalue weighted by atomic mass is 16.6. The standard InChI is InChI=1S/C19H20N2O2/c1-12(2)16-6-4-13(3)10-18(16)21-19(22)23-15-5-7-17-14(11-15)8-9-20-17/h4-12,20H,1-3H3,(H,21,22). The minimum Gasteiger partial charge on any atom is -0.410 e. The quantitative estimate of drug-likeness (QED) is 0.697. The van der Waals surface area contributed by atoms with Crippen LogP contribution in [0.3, 0.4) is 0 Å². The number of ether oxygens (including phenoxy) is 1. The molecule has 118 valence electrons. The van der Waals surface area contributed by atoms with E-state index in [0.29, 0.717) is 11.7 Å². The van der Waals surface area contributed by atoms with Gasteiger partial charge in [0.25, 0.3) is 0 Å². The number of amides is 1. The molecule has 0 atom stereocenters. The van der Waals surface area contributed by atoms with Crippen LogP contribution in [0, 0.1) is 6.92 Å². The number of H-pyrrole nitrogens is 1. The van der Waals surface area contributed by atoms with Crippen LogP contribution in [0.5, 0.6) is 5.75 Å². The summed E-state index contributed by atoms with van der Waals surface area (Å²) in [6.45, 7) is 6.20. The number of carbonyl (C=O) groups excluding carboxylic acids is 1. The highest BCUT2D eigenvalue weighted by Gasteiger charge is 2.12. The van der Waals surface area contributed by atoms with Crippen molar-refractivity contribution in [2.75, 3.05) is 5.32 Å². The Morgan fingerprint density at radius 3 is 2.74 bits per heavy atom. The molecule has 2 aromatic carbocycles. The van der Waals surface area contributed by atoms with Crippen LogP contribution in [0.4, 0.5) is 10.5 Å². The molecule has 0 radical (unpaired) electrons. The largest absolute Gasteiger partial charge is 0.417 e. The van der Waals surface area contributed by atoms with Gasteiger partial charge >= 0.3 is 6.09 Å². The highest BCUT2D eigenvalue weighted by molar-refractivity contribution is 5.88. The maximum atomic E-state index is 12.2. The zero-order valence-corrected chi connectivity index (χ0v) is 13.5. The van der Waals surface area contributed by atoms with Gasteiger partial charge in [-0.05, 0) is 54.3 Å². The number of fused-ring (bicyclic) bond motifs is 1. The van der Waals surface area contributed by atoms with E-state index >= 15 is 0 Å². The average molecular weight is 308 g/mol. The first-order valence-corrected chi connectivity index (χ1v) is 7.69. The molecule has 3 rings (SSSR count). The fourth-order valence-electron chi connectivity index (χ4n) is 2.62. The molecule has 0 saturated heterocycles. The molecular formula is C19H20N2O2. The molecular weight excluding hydrogens is 288 g/mol. The Labute approximate surface area is 135 Å². The number of aryl methyl sites for hydroxylation is 1. The van der Waals surface area contributed by atoms with Crippen LogP contribution in [0.1, 0.15) is 30.9 Å². The summed E-state index contributed by atoms with van der Waals surface area (Å²) in [6.07, 6.45) is 1.38. The molecule has 1 aromatic heterocycles. The van der Waals surface area contributed by atoms with Gasteiger partial charge < -0.3 is 9.72 Å².